The number of amides is 1. The van der Waals surface area contributed by atoms with Gasteiger partial charge in [-0.25, -0.2) is 19.3 Å². The van der Waals surface area contributed by atoms with Crippen molar-refractivity contribution in [3.8, 4) is 0 Å². The summed E-state index contributed by atoms with van der Waals surface area (Å²) in [5.41, 5.74) is 2.47. The third-order valence-electron chi connectivity index (χ3n) is 4.16. The largest absolute Gasteiger partial charge is 0.340 e. The molecule has 0 unspecified atom stereocenters. The molecule has 0 fully saturated rings. The second-order valence-corrected chi connectivity index (χ2v) is 6.29. The van der Waals surface area contributed by atoms with Gasteiger partial charge in [-0.05, 0) is 30.3 Å². The highest BCUT2D eigenvalue weighted by molar-refractivity contribution is 5.93. The molecule has 7 nitrogen and oxygen atoms in total. The quantitative estimate of drug-likeness (QED) is 0.557. The number of para-hydroxylation sites is 1. The summed E-state index contributed by atoms with van der Waals surface area (Å²) in [6.45, 7) is 0.249. The van der Waals surface area contributed by atoms with Crippen molar-refractivity contribution in [2.45, 2.75) is 6.54 Å². The summed E-state index contributed by atoms with van der Waals surface area (Å²) >= 11 is 0. The maximum absolute atomic E-state index is 13.3. The predicted octanol–water partition coefficient (Wildman–Crippen LogP) is 3.51. The number of fused-ring (bicyclic) bond motifs is 1. The maximum Gasteiger partial charge on any atom is 0.257 e. The van der Waals surface area contributed by atoms with E-state index in [0.29, 0.717) is 28.4 Å². The second kappa shape index (κ2) is 7.43. The lowest BCUT2D eigenvalue weighted by atomic mass is 10.3. The van der Waals surface area contributed by atoms with E-state index in [1.165, 1.54) is 29.4 Å². The number of imidazole rings is 1. The van der Waals surface area contributed by atoms with Gasteiger partial charge in [0.2, 0.25) is 5.95 Å². The van der Waals surface area contributed by atoms with Crippen LogP contribution in [-0.2, 0) is 6.54 Å². The van der Waals surface area contributed by atoms with E-state index in [9.17, 15) is 9.18 Å². The molecule has 2 aromatic heterocycles. The van der Waals surface area contributed by atoms with Gasteiger partial charge in [0.05, 0.1) is 23.1 Å². The van der Waals surface area contributed by atoms with E-state index in [4.69, 9.17) is 0 Å². The van der Waals surface area contributed by atoms with Crippen molar-refractivity contribution in [1.29, 1.82) is 0 Å². The van der Waals surface area contributed by atoms with Gasteiger partial charge in [-0.1, -0.05) is 18.2 Å². The number of H-pyrrole nitrogens is 1. The molecule has 8 heteroatoms. The Hall–Kier alpha value is -3.81. The van der Waals surface area contributed by atoms with Crippen molar-refractivity contribution >= 4 is 28.6 Å². The van der Waals surface area contributed by atoms with Crippen molar-refractivity contribution in [1.82, 2.24) is 24.8 Å². The standard InChI is InChI=1S/C20H17FN6O/c1-27(12-18-25-16-8-7-14(21)9-17(16)26-18)19(28)13-10-22-20(23-11-13)24-15-5-3-2-4-6-15/h2-11H,12H2,1H3,(H,25,26)(H,22,23,24). The first kappa shape index (κ1) is 17.6. The monoisotopic (exact) mass is 376 g/mol. The minimum atomic E-state index is -0.339. The van der Waals surface area contributed by atoms with Gasteiger partial charge >= 0.3 is 0 Å². The minimum absolute atomic E-state index is 0.238. The molecule has 28 heavy (non-hydrogen) atoms. The number of halogens is 1. The van der Waals surface area contributed by atoms with Gasteiger partial charge in [0.1, 0.15) is 11.6 Å². The van der Waals surface area contributed by atoms with E-state index < -0.39 is 0 Å². The van der Waals surface area contributed by atoms with Gasteiger partial charge in [-0.15, -0.1) is 0 Å². The Morgan fingerprint density at radius 3 is 2.64 bits per heavy atom. The molecule has 4 rings (SSSR count). The number of aromatic amines is 1. The zero-order valence-corrected chi connectivity index (χ0v) is 15.1. The van der Waals surface area contributed by atoms with Gasteiger partial charge in [0.15, 0.2) is 0 Å². The van der Waals surface area contributed by atoms with Crippen LogP contribution in [0, 0.1) is 5.82 Å². The normalized spacial score (nSPS) is 10.8. The Morgan fingerprint density at radius 2 is 1.89 bits per heavy atom. The first-order chi connectivity index (χ1) is 13.6. The smallest absolute Gasteiger partial charge is 0.257 e. The van der Waals surface area contributed by atoms with Crippen molar-refractivity contribution in [2.75, 3.05) is 12.4 Å². The summed E-state index contributed by atoms with van der Waals surface area (Å²) in [6.07, 6.45) is 2.95. The molecule has 0 bridgehead atoms. The van der Waals surface area contributed by atoms with Gasteiger partial charge < -0.3 is 15.2 Å². The molecule has 0 saturated heterocycles. The summed E-state index contributed by atoms with van der Waals surface area (Å²) in [5, 5.41) is 3.07. The van der Waals surface area contributed by atoms with Crippen LogP contribution in [0.3, 0.4) is 0 Å². The van der Waals surface area contributed by atoms with Crippen LogP contribution >= 0.6 is 0 Å². The molecular formula is C20H17FN6O. The van der Waals surface area contributed by atoms with E-state index in [-0.39, 0.29) is 18.3 Å². The second-order valence-electron chi connectivity index (χ2n) is 6.29. The molecule has 0 spiro atoms. The molecule has 1 amide bonds. The van der Waals surface area contributed by atoms with Crippen molar-refractivity contribution in [2.24, 2.45) is 0 Å². The Balaban J connectivity index is 1.44. The van der Waals surface area contributed by atoms with Crippen LogP contribution in [0.5, 0.6) is 0 Å². The number of carbonyl (C=O) groups excluding carboxylic acids is 1. The Morgan fingerprint density at radius 1 is 1.14 bits per heavy atom. The molecule has 140 valence electrons. The fourth-order valence-corrected chi connectivity index (χ4v) is 2.78. The van der Waals surface area contributed by atoms with E-state index in [1.807, 2.05) is 30.3 Å². The summed E-state index contributed by atoms with van der Waals surface area (Å²) in [5.74, 6) is 0.399. The number of carbonyl (C=O) groups is 1. The highest BCUT2D eigenvalue weighted by Crippen LogP contribution is 2.15. The molecule has 4 aromatic rings. The maximum atomic E-state index is 13.3. The lowest BCUT2D eigenvalue weighted by molar-refractivity contribution is 0.0781. The molecule has 2 heterocycles. The molecular weight excluding hydrogens is 359 g/mol. The fraction of sp³-hybridized carbons (Fsp3) is 0.100. The molecule has 0 aliphatic carbocycles. The van der Waals surface area contributed by atoms with E-state index in [1.54, 1.807) is 13.1 Å². The third-order valence-corrected chi connectivity index (χ3v) is 4.16. The van der Waals surface area contributed by atoms with Crippen LogP contribution in [0.1, 0.15) is 16.2 Å². The summed E-state index contributed by atoms with van der Waals surface area (Å²) in [7, 11) is 1.66. The molecule has 0 radical (unpaired) electrons. The van der Waals surface area contributed by atoms with Crippen molar-refractivity contribution in [3.05, 3.63) is 78.1 Å². The zero-order chi connectivity index (χ0) is 19.5. The number of aromatic nitrogens is 4. The molecule has 0 atom stereocenters. The van der Waals surface area contributed by atoms with Crippen LogP contribution in [0.2, 0.25) is 0 Å². The average molecular weight is 376 g/mol. The number of hydrogen-bond acceptors (Lipinski definition) is 5. The predicted molar refractivity (Wildman–Crippen MR) is 104 cm³/mol. The molecule has 0 aliphatic heterocycles. The molecule has 0 saturated carbocycles. The fourth-order valence-electron chi connectivity index (χ4n) is 2.78. The van der Waals surface area contributed by atoms with Crippen LogP contribution < -0.4 is 5.32 Å². The van der Waals surface area contributed by atoms with Crippen LogP contribution in [0.25, 0.3) is 11.0 Å². The number of nitrogens with zero attached hydrogens (tertiary/aromatic N) is 4. The van der Waals surface area contributed by atoms with Gasteiger partial charge in [-0.3, -0.25) is 4.79 Å². The van der Waals surface area contributed by atoms with Gasteiger partial charge in [0, 0.05) is 25.1 Å². The molecule has 2 N–H and O–H groups in total. The molecule has 2 aromatic carbocycles. The first-order valence-electron chi connectivity index (χ1n) is 8.62. The Bertz CT molecular complexity index is 1110. The van der Waals surface area contributed by atoms with Crippen molar-refractivity contribution in [3.63, 3.8) is 0 Å². The summed E-state index contributed by atoms with van der Waals surface area (Å²) in [4.78, 5) is 29.9. The average Bonchev–Trinajstić information content (AvgIpc) is 3.10. The topological polar surface area (TPSA) is 86.8 Å². The van der Waals surface area contributed by atoms with Crippen LogP contribution in [-0.4, -0.2) is 37.8 Å². The summed E-state index contributed by atoms with van der Waals surface area (Å²) < 4.78 is 13.3. The number of benzene rings is 2. The first-order valence-corrected chi connectivity index (χ1v) is 8.62. The van der Waals surface area contributed by atoms with E-state index in [0.717, 1.165) is 5.69 Å². The number of anilines is 2. The van der Waals surface area contributed by atoms with E-state index >= 15 is 0 Å². The SMILES string of the molecule is CN(Cc1nc2ccc(F)cc2[nH]1)C(=O)c1cnc(Nc2ccccc2)nc1. The molecule has 0 aliphatic rings. The Kier molecular flexibility index (Phi) is 4.67. The highest BCUT2D eigenvalue weighted by Gasteiger charge is 2.15. The summed E-state index contributed by atoms with van der Waals surface area (Å²) in [6, 6.07) is 13.8. The minimum Gasteiger partial charge on any atom is -0.340 e. The van der Waals surface area contributed by atoms with Crippen molar-refractivity contribution < 1.29 is 9.18 Å². The zero-order valence-electron chi connectivity index (χ0n) is 15.1. The lowest BCUT2D eigenvalue weighted by Crippen LogP contribution is -2.27. The Labute approximate surface area is 160 Å². The highest BCUT2D eigenvalue weighted by atomic mass is 19.1. The lowest BCUT2D eigenvalue weighted by Gasteiger charge is -2.15. The van der Waals surface area contributed by atoms with Crippen LogP contribution in [0.15, 0.2) is 60.9 Å². The van der Waals surface area contributed by atoms with Gasteiger partial charge in [-0.2, -0.15) is 0 Å². The van der Waals surface area contributed by atoms with Gasteiger partial charge in [0.25, 0.3) is 5.91 Å². The third kappa shape index (κ3) is 3.80. The van der Waals surface area contributed by atoms with Crippen LogP contribution in [0.4, 0.5) is 16.0 Å². The van der Waals surface area contributed by atoms with E-state index in [2.05, 4.69) is 25.3 Å². The number of rotatable bonds is 5. The number of hydrogen-bond donors (Lipinski definition) is 2. The number of nitrogens with one attached hydrogen (secondary N) is 2.